The maximum atomic E-state index is 14.5. The number of hydrogen-bond acceptors (Lipinski definition) is 4. The highest BCUT2D eigenvalue weighted by molar-refractivity contribution is 6.31. The summed E-state index contributed by atoms with van der Waals surface area (Å²) in [5.41, 5.74) is 1.59. The Hall–Kier alpha value is -1.95. The first-order valence-electron chi connectivity index (χ1n) is 14.5. The molecule has 39 heavy (non-hydrogen) atoms. The van der Waals surface area contributed by atoms with Gasteiger partial charge in [0.1, 0.15) is 10.9 Å². The highest BCUT2D eigenvalue weighted by Crippen LogP contribution is 2.72. The van der Waals surface area contributed by atoms with Crippen LogP contribution >= 0.6 is 23.2 Å². The number of amides is 1. The highest BCUT2D eigenvalue weighted by Gasteiger charge is 2.72. The van der Waals surface area contributed by atoms with Crippen LogP contribution in [-0.4, -0.2) is 27.9 Å². The molecule has 2 aromatic rings. The summed E-state index contributed by atoms with van der Waals surface area (Å²) in [6.45, 7) is 4.62. The first-order valence-corrected chi connectivity index (χ1v) is 15.2. The third-order valence-corrected chi connectivity index (χ3v) is 11.2. The van der Waals surface area contributed by atoms with Gasteiger partial charge in [-0.15, -0.1) is 0 Å². The van der Waals surface area contributed by atoms with E-state index >= 15 is 0 Å². The largest absolute Gasteiger partial charge is 0.393 e. The fourth-order valence-electron chi connectivity index (χ4n) is 8.66. The molecule has 2 spiro atoms. The maximum absolute atomic E-state index is 14.5. The summed E-state index contributed by atoms with van der Waals surface area (Å²) in [4.78, 5) is 33.1. The molecule has 3 fully saturated rings. The van der Waals surface area contributed by atoms with Crippen molar-refractivity contribution >= 4 is 40.6 Å². The molecule has 5 nitrogen and oxygen atoms in total. The van der Waals surface area contributed by atoms with E-state index in [2.05, 4.69) is 24.1 Å². The van der Waals surface area contributed by atoms with Crippen molar-refractivity contribution in [2.75, 3.05) is 5.32 Å². The number of rotatable bonds is 4. The van der Waals surface area contributed by atoms with Crippen LogP contribution in [0, 0.1) is 22.7 Å². The fourth-order valence-corrected chi connectivity index (χ4v) is 9.01. The normalized spacial score (nSPS) is 32.8. The number of carbonyl (C=O) groups is 2. The number of aromatic nitrogens is 1. The number of aliphatic hydroxyl groups is 1. The summed E-state index contributed by atoms with van der Waals surface area (Å²) in [6.07, 6.45) is 9.70. The maximum Gasteiger partial charge on any atom is 0.236 e. The van der Waals surface area contributed by atoms with Gasteiger partial charge in [-0.25, -0.2) is 4.98 Å². The van der Waals surface area contributed by atoms with Crippen LogP contribution in [0.1, 0.15) is 95.1 Å². The molecule has 3 saturated carbocycles. The van der Waals surface area contributed by atoms with Crippen LogP contribution in [-0.2, 0) is 15.0 Å². The summed E-state index contributed by atoms with van der Waals surface area (Å²) in [5.74, 6) is -0.143. The lowest BCUT2D eigenvalue weighted by Gasteiger charge is -2.51. The van der Waals surface area contributed by atoms with Crippen molar-refractivity contribution in [2.45, 2.75) is 95.5 Å². The van der Waals surface area contributed by atoms with Crippen molar-refractivity contribution < 1.29 is 14.7 Å². The zero-order valence-corrected chi connectivity index (χ0v) is 24.3. The number of benzene rings is 1. The van der Waals surface area contributed by atoms with Crippen LogP contribution in [0.4, 0.5) is 5.69 Å². The lowest BCUT2D eigenvalue weighted by molar-refractivity contribution is -0.127. The highest BCUT2D eigenvalue weighted by atomic mass is 35.5. The molecule has 1 aliphatic heterocycles. The van der Waals surface area contributed by atoms with Gasteiger partial charge in [0.15, 0.2) is 0 Å². The van der Waals surface area contributed by atoms with Gasteiger partial charge in [-0.1, -0.05) is 43.1 Å². The molecular formula is C32H38Cl2N2O3. The van der Waals surface area contributed by atoms with Gasteiger partial charge >= 0.3 is 0 Å². The number of anilines is 1. The summed E-state index contributed by atoms with van der Waals surface area (Å²) in [5, 5.41) is 14.2. The molecule has 6 rings (SSSR count). The quantitative estimate of drug-likeness (QED) is 0.374. The minimum Gasteiger partial charge on any atom is -0.393 e. The van der Waals surface area contributed by atoms with Gasteiger partial charge in [-0.05, 0) is 110 Å². The van der Waals surface area contributed by atoms with Crippen molar-refractivity contribution in [3.63, 3.8) is 0 Å². The topological polar surface area (TPSA) is 79.3 Å². The van der Waals surface area contributed by atoms with E-state index in [1.54, 1.807) is 6.20 Å². The van der Waals surface area contributed by atoms with E-state index in [1.807, 2.05) is 30.3 Å². The predicted molar refractivity (Wildman–Crippen MR) is 154 cm³/mol. The van der Waals surface area contributed by atoms with Gasteiger partial charge in [-0.3, -0.25) is 9.59 Å². The van der Waals surface area contributed by atoms with Gasteiger partial charge in [0.25, 0.3) is 0 Å². The van der Waals surface area contributed by atoms with E-state index in [0.717, 1.165) is 68.2 Å². The van der Waals surface area contributed by atoms with Crippen LogP contribution in [0.15, 0.2) is 36.5 Å². The standard InChI is InChI=1S/C32H38Cl2N2O3/c1-30(2)10-12-31(13-11-30)18-23(26(38)15-19-3-6-22(37)7-4-19)28(20-9-14-35-27(34)16-20)32(31)24-8-5-21(33)17-25(24)36-29(32)39/h5,8-9,14,16-17,19,22-23,28,37H,3-4,6-7,10-13,15,18H2,1-2H3,(H,36,39)/t19?,22?,23-,28-,32+/m0/s1. The molecular weight excluding hydrogens is 531 g/mol. The van der Waals surface area contributed by atoms with E-state index in [-0.39, 0.29) is 46.4 Å². The summed E-state index contributed by atoms with van der Waals surface area (Å²) in [7, 11) is 0. The summed E-state index contributed by atoms with van der Waals surface area (Å²) in [6, 6.07) is 9.55. The van der Waals surface area contributed by atoms with Gasteiger partial charge in [-0.2, -0.15) is 0 Å². The number of ketones is 1. The molecule has 1 amide bonds. The Morgan fingerprint density at radius 2 is 1.77 bits per heavy atom. The molecule has 4 aliphatic rings. The number of aliphatic hydroxyl groups excluding tert-OH is 1. The SMILES string of the molecule is CC1(C)CCC2(CC1)C[C@@H](C(=O)CC1CCC(O)CC1)[C@H](c1ccnc(Cl)c1)[C@]21C(=O)Nc2cc(Cl)ccc21. The molecule has 1 aromatic carbocycles. The number of nitrogens with one attached hydrogen (secondary N) is 1. The molecule has 0 radical (unpaired) electrons. The van der Waals surface area contributed by atoms with Crippen LogP contribution in [0.3, 0.4) is 0 Å². The molecule has 208 valence electrons. The number of pyridine rings is 1. The number of Topliss-reactive ketones (excluding diaryl/α,β-unsaturated/α-hetero) is 1. The van der Waals surface area contributed by atoms with Crippen LogP contribution in [0.5, 0.6) is 0 Å². The minimum atomic E-state index is -0.892. The number of halogens is 2. The van der Waals surface area contributed by atoms with E-state index in [4.69, 9.17) is 23.2 Å². The second-order valence-electron chi connectivity index (χ2n) is 13.4. The van der Waals surface area contributed by atoms with Crippen molar-refractivity contribution in [3.05, 3.63) is 57.8 Å². The lowest BCUT2D eigenvalue weighted by Crippen LogP contribution is -2.52. The van der Waals surface area contributed by atoms with Crippen molar-refractivity contribution in [1.29, 1.82) is 0 Å². The Bertz CT molecular complexity index is 1290. The van der Waals surface area contributed by atoms with Crippen molar-refractivity contribution in [3.8, 4) is 0 Å². The smallest absolute Gasteiger partial charge is 0.236 e. The Morgan fingerprint density at radius 3 is 2.46 bits per heavy atom. The molecule has 2 N–H and O–H groups in total. The molecule has 0 unspecified atom stereocenters. The Kier molecular flexibility index (Phi) is 6.88. The van der Waals surface area contributed by atoms with Gasteiger partial charge in [0.2, 0.25) is 5.91 Å². The predicted octanol–water partition coefficient (Wildman–Crippen LogP) is 7.48. The number of hydrogen-bond donors (Lipinski definition) is 2. The Labute approximate surface area is 241 Å². The molecule has 1 aromatic heterocycles. The number of carbonyl (C=O) groups excluding carboxylic acids is 2. The van der Waals surface area contributed by atoms with Gasteiger partial charge < -0.3 is 10.4 Å². The van der Waals surface area contributed by atoms with E-state index < -0.39 is 5.41 Å². The van der Waals surface area contributed by atoms with Crippen LogP contribution < -0.4 is 5.32 Å². The third kappa shape index (κ3) is 4.44. The second-order valence-corrected chi connectivity index (χ2v) is 14.3. The first-order chi connectivity index (χ1) is 18.5. The molecule has 3 atom stereocenters. The zero-order chi connectivity index (χ0) is 27.6. The minimum absolute atomic E-state index is 0.0199. The molecule has 7 heteroatoms. The first kappa shape index (κ1) is 27.2. The molecule has 0 bridgehead atoms. The van der Waals surface area contributed by atoms with E-state index in [1.165, 1.54) is 0 Å². The van der Waals surface area contributed by atoms with E-state index in [0.29, 0.717) is 23.0 Å². The van der Waals surface area contributed by atoms with Crippen LogP contribution in [0.2, 0.25) is 10.2 Å². The Balaban J connectivity index is 1.51. The number of nitrogens with zero attached hydrogens (tertiary/aromatic N) is 1. The zero-order valence-electron chi connectivity index (χ0n) is 22.8. The monoisotopic (exact) mass is 568 g/mol. The molecule has 0 saturated heterocycles. The second kappa shape index (κ2) is 9.85. The van der Waals surface area contributed by atoms with Crippen molar-refractivity contribution in [2.24, 2.45) is 22.7 Å². The number of fused-ring (bicyclic) bond motifs is 3. The van der Waals surface area contributed by atoms with Gasteiger partial charge in [0.05, 0.1) is 11.5 Å². The average molecular weight is 570 g/mol. The molecule has 3 aliphatic carbocycles. The average Bonchev–Trinajstić information content (AvgIpc) is 3.35. The Morgan fingerprint density at radius 1 is 1.05 bits per heavy atom. The van der Waals surface area contributed by atoms with Crippen LogP contribution in [0.25, 0.3) is 0 Å². The van der Waals surface area contributed by atoms with Crippen molar-refractivity contribution in [1.82, 2.24) is 4.98 Å². The van der Waals surface area contributed by atoms with E-state index in [9.17, 15) is 14.7 Å². The molecule has 2 heterocycles. The lowest BCUT2D eigenvalue weighted by atomic mass is 9.51. The summed E-state index contributed by atoms with van der Waals surface area (Å²) >= 11 is 12.9. The fraction of sp³-hybridized carbons (Fsp3) is 0.594. The third-order valence-electron chi connectivity index (χ3n) is 10.7. The summed E-state index contributed by atoms with van der Waals surface area (Å²) < 4.78 is 0. The van der Waals surface area contributed by atoms with Gasteiger partial charge in [0, 0.05) is 35.2 Å².